The fourth-order valence-corrected chi connectivity index (χ4v) is 3.95. The number of fused-ring (bicyclic) bond motifs is 2. The zero-order chi connectivity index (χ0) is 16.9. The van der Waals surface area contributed by atoms with E-state index in [1.165, 1.54) is 6.20 Å². The Bertz CT molecular complexity index is 727. The molecule has 0 saturated carbocycles. The molecule has 128 valence electrons. The van der Waals surface area contributed by atoms with Crippen molar-refractivity contribution in [3.8, 4) is 0 Å². The Morgan fingerprint density at radius 1 is 1.12 bits per heavy atom. The predicted octanol–water partition coefficient (Wildman–Crippen LogP) is 3.37. The minimum absolute atomic E-state index is 0.168. The monoisotopic (exact) mass is 337 g/mol. The van der Waals surface area contributed by atoms with Crippen molar-refractivity contribution in [2.75, 3.05) is 4.90 Å². The second-order valence-electron chi connectivity index (χ2n) is 6.65. The first-order chi connectivity index (χ1) is 11.4. The number of hydrogen-bond acceptors (Lipinski definition) is 4. The molecule has 8 heteroatoms. The number of rotatable bonds is 2. The summed E-state index contributed by atoms with van der Waals surface area (Å²) < 4.78 is 40.7. The molecule has 0 aliphatic carbocycles. The summed E-state index contributed by atoms with van der Waals surface area (Å²) in [4.78, 5) is 9.88. The van der Waals surface area contributed by atoms with Crippen LogP contribution < -0.4 is 4.90 Å². The highest BCUT2D eigenvalue weighted by Gasteiger charge is 2.43. The predicted molar refractivity (Wildman–Crippen MR) is 81.6 cm³/mol. The van der Waals surface area contributed by atoms with E-state index in [2.05, 4.69) is 15.1 Å². The SMILES string of the molecule is Cc1cnn(C2CC3CCC(C2)N3c2nccc(C(F)(F)F)n2)c1. The van der Waals surface area contributed by atoms with Crippen molar-refractivity contribution in [1.29, 1.82) is 0 Å². The van der Waals surface area contributed by atoms with Crippen molar-refractivity contribution in [1.82, 2.24) is 19.7 Å². The lowest BCUT2D eigenvalue weighted by atomic mass is 9.98. The molecule has 2 aromatic rings. The number of halogens is 3. The van der Waals surface area contributed by atoms with E-state index in [9.17, 15) is 13.2 Å². The Labute approximate surface area is 137 Å². The molecule has 2 fully saturated rings. The highest BCUT2D eigenvalue weighted by Crippen LogP contribution is 2.42. The molecule has 2 unspecified atom stereocenters. The molecule has 2 atom stereocenters. The molecule has 0 radical (unpaired) electrons. The van der Waals surface area contributed by atoms with Crippen LogP contribution in [0.15, 0.2) is 24.7 Å². The van der Waals surface area contributed by atoms with Gasteiger partial charge in [-0.05, 0) is 44.2 Å². The summed E-state index contributed by atoms with van der Waals surface area (Å²) in [6.45, 7) is 2.00. The maximum atomic E-state index is 12.9. The van der Waals surface area contributed by atoms with Crippen LogP contribution in [0.5, 0.6) is 0 Å². The van der Waals surface area contributed by atoms with Crippen LogP contribution >= 0.6 is 0 Å². The minimum Gasteiger partial charge on any atom is -0.335 e. The molecule has 4 heterocycles. The second-order valence-corrected chi connectivity index (χ2v) is 6.65. The van der Waals surface area contributed by atoms with Gasteiger partial charge >= 0.3 is 6.18 Å². The van der Waals surface area contributed by atoms with Gasteiger partial charge in [-0.1, -0.05) is 0 Å². The smallest absolute Gasteiger partial charge is 0.335 e. The molecule has 4 rings (SSSR count). The molecular formula is C16H18F3N5. The van der Waals surface area contributed by atoms with Gasteiger partial charge in [-0.25, -0.2) is 9.97 Å². The Kier molecular flexibility index (Phi) is 3.51. The number of aryl methyl sites for hydroxylation is 1. The third-order valence-corrected chi connectivity index (χ3v) is 4.98. The molecule has 0 N–H and O–H groups in total. The molecule has 0 spiro atoms. The van der Waals surface area contributed by atoms with Gasteiger partial charge in [0.2, 0.25) is 5.95 Å². The van der Waals surface area contributed by atoms with Gasteiger partial charge in [-0.2, -0.15) is 18.3 Å². The van der Waals surface area contributed by atoms with Crippen LogP contribution in [0.4, 0.5) is 19.1 Å². The van der Waals surface area contributed by atoms with Crippen molar-refractivity contribution in [3.05, 3.63) is 35.9 Å². The Morgan fingerprint density at radius 2 is 1.83 bits per heavy atom. The number of alkyl halides is 3. The summed E-state index contributed by atoms with van der Waals surface area (Å²) in [6.07, 6.45) is 4.26. The standard InChI is InChI=1S/C16H18F3N5/c1-10-8-21-23(9-10)13-6-11-2-3-12(7-13)24(11)15-20-5-4-14(22-15)16(17,18)19/h4-5,8-9,11-13H,2-3,6-7H2,1H3. The third-order valence-electron chi connectivity index (χ3n) is 4.98. The lowest BCUT2D eigenvalue weighted by Gasteiger charge is -2.39. The summed E-state index contributed by atoms with van der Waals surface area (Å²) in [7, 11) is 0. The molecular weight excluding hydrogens is 319 g/mol. The van der Waals surface area contributed by atoms with Crippen LogP contribution in [0, 0.1) is 6.92 Å². The van der Waals surface area contributed by atoms with E-state index in [0.717, 1.165) is 37.3 Å². The van der Waals surface area contributed by atoms with E-state index in [-0.39, 0.29) is 18.0 Å². The minimum atomic E-state index is -4.44. The van der Waals surface area contributed by atoms with Crippen molar-refractivity contribution >= 4 is 5.95 Å². The largest absolute Gasteiger partial charge is 0.433 e. The molecule has 24 heavy (non-hydrogen) atoms. The average molecular weight is 337 g/mol. The summed E-state index contributed by atoms with van der Waals surface area (Å²) in [5.74, 6) is 0.201. The first-order valence-corrected chi connectivity index (χ1v) is 8.11. The van der Waals surface area contributed by atoms with Gasteiger partial charge in [0, 0.05) is 24.5 Å². The molecule has 0 amide bonds. The molecule has 0 aromatic carbocycles. The van der Waals surface area contributed by atoms with Gasteiger partial charge in [0.1, 0.15) is 5.69 Å². The van der Waals surface area contributed by atoms with Crippen molar-refractivity contribution < 1.29 is 13.2 Å². The number of hydrogen-bond donors (Lipinski definition) is 0. The fourth-order valence-electron chi connectivity index (χ4n) is 3.95. The number of anilines is 1. The van der Waals surface area contributed by atoms with Gasteiger partial charge in [0.25, 0.3) is 0 Å². The highest BCUT2D eigenvalue weighted by molar-refractivity contribution is 5.38. The van der Waals surface area contributed by atoms with Gasteiger partial charge in [0.15, 0.2) is 0 Å². The van der Waals surface area contributed by atoms with E-state index in [4.69, 9.17) is 0 Å². The van der Waals surface area contributed by atoms with Crippen LogP contribution in [0.25, 0.3) is 0 Å². The van der Waals surface area contributed by atoms with Crippen LogP contribution in [-0.2, 0) is 6.18 Å². The normalized spacial score (nSPS) is 26.8. The van der Waals surface area contributed by atoms with E-state index in [1.54, 1.807) is 0 Å². The maximum Gasteiger partial charge on any atom is 0.433 e. The van der Waals surface area contributed by atoms with Crippen molar-refractivity contribution in [3.63, 3.8) is 0 Å². The zero-order valence-electron chi connectivity index (χ0n) is 13.2. The van der Waals surface area contributed by atoms with Crippen LogP contribution in [0.1, 0.15) is 43.0 Å². The maximum absolute atomic E-state index is 12.9. The lowest BCUT2D eigenvalue weighted by Crippen LogP contribution is -2.44. The molecule has 2 saturated heterocycles. The number of nitrogens with zero attached hydrogens (tertiary/aromatic N) is 5. The highest BCUT2D eigenvalue weighted by atomic mass is 19.4. The molecule has 2 bridgehead atoms. The van der Waals surface area contributed by atoms with Crippen LogP contribution in [0.3, 0.4) is 0 Å². The van der Waals surface area contributed by atoms with Gasteiger partial charge < -0.3 is 4.90 Å². The first kappa shape index (κ1) is 15.4. The average Bonchev–Trinajstić information content (AvgIpc) is 3.08. The first-order valence-electron chi connectivity index (χ1n) is 8.11. The van der Waals surface area contributed by atoms with E-state index < -0.39 is 11.9 Å². The zero-order valence-corrected chi connectivity index (χ0v) is 13.2. The molecule has 2 aliphatic rings. The van der Waals surface area contributed by atoms with E-state index >= 15 is 0 Å². The van der Waals surface area contributed by atoms with Gasteiger partial charge in [-0.3, -0.25) is 4.68 Å². The van der Waals surface area contributed by atoms with Crippen molar-refractivity contribution in [2.24, 2.45) is 0 Å². The topological polar surface area (TPSA) is 46.8 Å². The molecule has 2 aliphatic heterocycles. The summed E-state index contributed by atoms with van der Waals surface area (Å²) in [5, 5.41) is 4.40. The molecule has 2 aromatic heterocycles. The number of piperidine rings is 1. The Morgan fingerprint density at radius 3 is 2.42 bits per heavy atom. The summed E-state index contributed by atoms with van der Waals surface area (Å²) in [6, 6.07) is 1.55. The van der Waals surface area contributed by atoms with Crippen LogP contribution in [-0.4, -0.2) is 31.8 Å². The number of aromatic nitrogens is 4. The quantitative estimate of drug-likeness (QED) is 0.843. The Hall–Kier alpha value is -2.12. The van der Waals surface area contributed by atoms with E-state index in [1.807, 2.05) is 28.9 Å². The van der Waals surface area contributed by atoms with E-state index in [0.29, 0.717) is 6.04 Å². The van der Waals surface area contributed by atoms with Gasteiger partial charge in [-0.15, -0.1) is 0 Å². The lowest BCUT2D eigenvalue weighted by molar-refractivity contribution is -0.141. The van der Waals surface area contributed by atoms with Crippen molar-refractivity contribution in [2.45, 2.75) is 56.9 Å². The van der Waals surface area contributed by atoms with Crippen LogP contribution in [0.2, 0.25) is 0 Å². The second kappa shape index (κ2) is 5.46. The Balaban J connectivity index is 1.59. The van der Waals surface area contributed by atoms with Gasteiger partial charge in [0.05, 0.1) is 12.2 Å². The third kappa shape index (κ3) is 2.63. The molecule has 5 nitrogen and oxygen atoms in total. The fraction of sp³-hybridized carbons (Fsp3) is 0.562. The summed E-state index contributed by atoms with van der Waals surface area (Å²) >= 11 is 0. The summed E-state index contributed by atoms with van der Waals surface area (Å²) in [5.41, 5.74) is 0.239.